The molecule has 1 heterocycles. The Morgan fingerprint density at radius 3 is 2.80 bits per heavy atom. The lowest BCUT2D eigenvalue weighted by atomic mass is 9.85. The SMILES string of the molecule is CCNCc1cc(Br)ccc1N1CCCC(C)(C)CC1. The average Bonchev–Trinajstić information content (AvgIpc) is 2.58. The lowest BCUT2D eigenvalue weighted by Crippen LogP contribution is -2.27. The summed E-state index contributed by atoms with van der Waals surface area (Å²) in [5, 5.41) is 3.46. The maximum absolute atomic E-state index is 3.60. The highest BCUT2D eigenvalue weighted by molar-refractivity contribution is 9.10. The lowest BCUT2D eigenvalue weighted by Gasteiger charge is -2.27. The summed E-state index contributed by atoms with van der Waals surface area (Å²) >= 11 is 3.60. The Balaban J connectivity index is 2.18. The fourth-order valence-electron chi connectivity index (χ4n) is 2.93. The molecule has 1 aliphatic rings. The van der Waals surface area contributed by atoms with Gasteiger partial charge in [-0.1, -0.05) is 36.7 Å². The Morgan fingerprint density at radius 2 is 2.05 bits per heavy atom. The Kier molecular flexibility index (Phi) is 5.50. The summed E-state index contributed by atoms with van der Waals surface area (Å²) < 4.78 is 1.17. The van der Waals surface area contributed by atoms with Gasteiger partial charge in [0.15, 0.2) is 0 Å². The van der Waals surface area contributed by atoms with E-state index in [1.165, 1.54) is 48.1 Å². The summed E-state index contributed by atoms with van der Waals surface area (Å²) in [6.45, 7) is 11.3. The van der Waals surface area contributed by atoms with Gasteiger partial charge < -0.3 is 10.2 Å². The zero-order chi connectivity index (χ0) is 14.6. The van der Waals surface area contributed by atoms with E-state index in [1.807, 2.05) is 0 Å². The summed E-state index contributed by atoms with van der Waals surface area (Å²) in [5.74, 6) is 0. The highest BCUT2D eigenvalue weighted by atomic mass is 79.9. The first kappa shape index (κ1) is 15.8. The third-order valence-corrected chi connectivity index (χ3v) is 4.78. The Hall–Kier alpha value is -0.540. The van der Waals surface area contributed by atoms with Crippen LogP contribution in [0.5, 0.6) is 0 Å². The van der Waals surface area contributed by atoms with E-state index in [2.05, 4.69) is 65.1 Å². The molecule has 0 amide bonds. The van der Waals surface area contributed by atoms with E-state index in [1.54, 1.807) is 0 Å². The van der Waals surface area contributed by atoms with Gasteiger partial charge in [-0.25, -0.2) is 0 Å². The number of halogens is 1. The first-order valence-corrected chi connectivity index (χ1v) is 8.55. The van der Waals surface area contributed by atoms with Crippen molar-refractivity contribution in [2.75, 3.05) is 24.5 Å². The maximum atomic E-state index is 3.60. The van der Waals surface area contributed by atoms with Crippen molar-refractivity contribution in [2.45, 2.75) is 46.6 Å². The summed E-state index contributed by atoms with van der Waals surface area (Å²) in [4.78, 5) is 2.58. The molecule has 1 N–H and O–H groups in total. The van der Waals surface area contributed by atoms with Crippen molar-refractivity contribution in [3.05, 3.63) is 28.2 Å². The van der Waals surface area contributed by atoms with Gasteiger partial charge in [-0.3, -0.25) is 0 Å². The molecule has 0 bridgehead atoms. The second-order valence-electron chi connectivity index (χ2n) is 6.56. The fraction of sp³-hybridized carbons (Fsp3) is 0.647. The second-order valence-corrected chi connectivity index (χ2v) is 7.47. The van der Waals surface area contributed by atoms with Crippen LogP contribution in [-0.4, -0.2) is 19.6 Å². The van der Waals surface area contributed by atoms with Crippen LogP contribution in [0.15, 0.2) is 22.7 Å². The third-order valence-electron chi connectivity index (χ3n) is 4.29. The molecule has 0 aromatic heterocycles. The number of nitrogens with one attached hydrogen (secondary N) is 1. The summed E-state index contributed by atoms with van der Waals surface area (Å²) in [5.41, 5.74) is 3.30. The Bertz CT molecular complexity index is 443. The zero-order valence-corrected chi connectivity index (χ0v) is 14.6. The van der Waals surface area contributed by atoms with E-state index in [0.717, 1.165) is 13.1 Å². The minimum Gasteiger partial charge on any atom is -0.371 e. The molecule has 0 spiro atoms. The first-order chi connectivity index (χ1) is 9.52. The van der Waals surface area contributed by atoms with E-state index in [9.17, 15) is 0 Å². The molecule has 112 valence electrons. The van der Waals surface area contributed by atoms with Gasteiger partial charge in [-0.2, -0.15) is 0 Å². The molecule has 2 nitrogen and oxygen atoms in total. The molecule has 0 radical (unpaired) electrons. The summed E-state index contributed by atoms with van der Waals surface area (Å²) in [6, 6.07) is 6.70. The van der Waals surface area contributed by atoms with Crippen LogP contribution in [0.25, 0.3) is 0 Å². The van der Waals surface area contributed by atoms with Gasteiger partial charge in [0, 0.05) is 29.8 Å². The number of anilines is 1. The zero-order valence-electron chi connectivity index (χ0n) is 13.0. The van der Waals surface area contributed by atoms with Crippen LogP contribution in [0, 0.1) is 5.41 Å². The topological polar surface area (TPSA) is 15.3 Å². The highest BCUT2D eigenvalue weighted by Crippen LogP contribution is 2.33. The number of hydrogen-bond donors (Lipinski definition) is 1. The quantitative estimate of drug-likeness (QED) is 0.864. The van der Waals surface area contributed by atoms with E-state index in [0.29, 0.717) is 5.41 Å². The van der Waals surface area contributed by atoms with Crippen molar-refractivity contribution in [3.63, 3.8) is 0 Å². The van der Waals surface area contributed by atoms with Crippen molar-refractivity contribution in [3.8, 4) is 0 Å². The van der Waals surface area contributed by atoms with Crippen LogP contribution in [-0.2, 0) is 6.54 Å². The number of nitrogens with zero attached hydrogens (tertiary/aromatic N) is 1. The molecule has 1 saturated heterocycles. The van der Waals surface area contributed by atoms with Crippen molar-refractivity contribution in [1.82, 2.24) is 5.32 Å². The molecule has 1 fully saturated rings. The largest absolute Gasteiger partial charge is 0.371 e. The van der Waals surface area contributed by atoms with Gasteiger partial charge in [0.05, 0.1) is 0 Å². The van der Waals surface area contributed by atoms with Crippen LogP contribution in [0.2, 0.25) is 0 Å². The smallest absolute Gasteiger partial charge is 0.0412 e. The molecule has 3 heteroatoms. The first-order valence-electron chi connectivity index (χ1n) is 7.76. The van der Waals surface area contributed by atoms with Crippen LogP contribution in [0.4, 0.5) is 5.69 Å². The van der Waals surface area contributed by atoms with Crippen LogP contribution >= 0.6 is 15.9 Å². The van der Waals surface area contributed by atoms with E-state index >= 15 is 0 Å². The average molecular weight is 339 g/mol. The van der Waals surface area contributed by atoms with Crippen LogP contribution < -0.4 is 10.2 Å². The Morgan fingerprint density at radius 1 is 1.25 bits per heavy atom. The summed E-state index contributed by atoms with van der Waals surface area (Å²) in [7, 11) is 0. The third kappa shape index (κ3) is 4.23. The molecule has 0 aliphatic carbocycles. The fourth-order valence-corrected chi connectivity index (χ4v) is 3.34. The highest BCUT2D eigenvalue weighted by Gasteiger charge is 2.24. The normalized spacial score (nSPS) is 18.9. The van der Waals surface area contributed by atoms with Crippen LogP contribution in [0.1, 0.15) is 45.6 Å². The predicted molar refractivity (Wildman–Crippen MR) is 91.4 cm³/mol. The van der Waals surface area contributed by atoms with E-state index in [4.69, 9.17) is 0 Å². The van der Waals surface area contributed by atoms with Gasteiger partial charge >= 0.3 is 0 Å². The van der Waals surface area contributed by atoms with Gasteiger partial charge in [0.2, 0.25) is 0 Å². The molecular weight excluding hydrogens is 312 g/mol. The predicted octanol–water partition coefficient (Wildman–Crippen LogP) is 4.58. The minimum absolute atomic E-state index is 0.492. The molecule has 0 atom stereocenters. The number of hydrogen-bond acceptors (Lipinski definition) is 2. The van der Waals surface area contributed by atoms with Crippen molar-refractivity contribution >= 4 is 21.6 Å². The minimum atomic E-state index is 0.492. The molecule has 0 unspecified atom stereocenters. The van der Waals surface area contributed by atoms with E-state index < -0.39 is 0 Å². The van der Waals surface area contributed by atoms with Gasteiger partial charge in [0.25, 0.3) is 0 Å². The molecule has 1 aromatic carbocycles. The molecular formula is C17H27BrN2. The van der Waals surface area contributed by atoms with Crippen molar-refractivity contribution in [2.24, 2.45) is 5.41 Å². The van der Waals surface area contributed by atoms with Gasteiger partial charge in [-0.15, -0.1) is 0 Å². The van der Waals surface area contributed by atoms with E-state index in [-0.39, 0.29) is 0 Å². The Labute approximate surface area is 132 Å². The molecule has 0 saturated carbocycles. The van der Waals surface area contributed by atoms with Gasteiger partial charge in [0.1, 0.15) is 0 Å². The molecule has 20 heavy (non-hydrogen) atoms. The van der Waals surface area contributed by atoms with Crippen molar-refractivity contribution in [1.29, 1.82) is 0 Å². The van der Waals surface area contributed by atoms with Crippen LogP contribution in [0.3, 0.4) is 0 Å². The van der Waals surface area contributed by atoms with Crippen molar-refractivity contribution < 1.29 is 0 Å². The molecule has 1 aliphatic heterocycles. The summed E-state index contributed by atoms with van der Waals surface area (Å²) in [6.07, 6.45) is 3.91. The monoisotopic (exact) mass is 338 g/mol. The van der Waals surface area contributed by atoms with Gasteiger partial charge in [-0.05, 0) is 55.0 Å². The maximum Gasteiger partial charge on any atom is 0.0412 e. The number of benzene rings is 1. The second kappa shape index (κ2) is 6.95. The molecule has 1 aromatic rings. The standard InChI is InChI=1S/C17H27BrN2/c1-4-19-13-14-12-15(18)6-7-16(14)20-10-5-8-17(2,3)9-11-20/h6-7,12,19H,4-5,8-11,13H2,1-3H3. The number of rotatable bonds is 4. The lowest BCUT2D eigenvalue weighted by molar-refractivity contribution is 0.325. The molecule has 2 rings (SSSR count).